The predicted molar refractivity (Wildman–Crippen MR) is 48.6 cm³/mol. The summed E-state index contributed by atoms with van der Waals surface area (Å²) in [6.07, 6.45) is 0. The fourth-order valence-electron chi connectivity index (χ4n) is 0.424. The third kappa shape index (κ3) is 2.86. The number of anilines is 1. The largest absolute Gasteiger partial charge is 0.384 e. The average molecular weight is 256 g/mol. The summed E-state index contributed by atoms with van der Waals surface area (Å²) in [5.74, 6) is 0.580. The van der Waals surface area contributed by atoms with E-state index < -0.39 is 0 Å². The average Bonchev–Trinajstić information content (AvgIpc) is 1.64. The van der Waals surface area contributed by atoms with Crippen molar-refractivity contribution in [1.29, 1.82) is 0 Å². The van der Waals surface area contributed by atoms with Gasteiger partial charge in [0.05, 0.1) is 0 Å². The molecule has 0 radical (unpaired) electrons. The fraction of sp³-hybridized carbons (Fsp3) is 0. The molecule has 1 aromatic rings. The lowest BCUT2D eigenvalue weighted by atomic mass is 10.5. The van der Waals surface area contributed by atoms with E-state index in [9.17, 15) is 0 Å². The highest BCUT2D eigenvalue weighted by atomic mass is 127. The highest BCUT2D eigenvalue weighted by molar-refractivity contribution is 14.1. The van der Waals surface area contributed by atoms with E-state index in [2.05, 4.69) is 27.6 Å². The van der Waals surface area contributed by atoms with Crippen molar-refractivity contribution in [2.45, 2.75) is 0 Å². The Hall–Kier alpha value is -0.0300. The summed E-state index contributed by atoms with van der Waals surface area (Å²) in [5.41, 5.74) is 5.34. The molecule has 0 fully saturated rings. The number of nitrogens with two attached hydrogens (primary N) is 1. The van der Waals surface area contributed by atoms with Gasteiger partial charge < -0.3 is 5.73 Å². The lowest BCUT2D eigenvalue weighted by Crippen LogP contribution is -1.89. The summed E-state index contributed by atoms with van der Waals surface area (Å²) in [4.78, 5) is 3.94. The predicted octanol–water partition coefficient (Wildman–Crippen LogP) is 1.69. The zero-order chi connectivity index (χ0) is 5.98. The van der Waals surface area contributed by atoms with Crippen molar-refractivity contribution in [1.82, 2.24) is 4.98 Å². The van der Waals surface area contributed by atoms with Gasteiger partial charge in [-0.1, -0.05) is 6.07 Å². The Balaban J connectivity index is 0.000000640. The Bertz CT molecular complexity index is 175. The number of pyridine rings is 1. The number of nitrogens with zero attached hydrogens (tertiary/aromatic N) is 1. The van der Waals surface area contributed by atoms with Gasteiger partial charge in [0.1, 0.15) is 9.52 Å². The standard InChI is InChI=1S/C5H5IN2.ClH/c6-4-2-1-3-5(7)8-4;/h1-3H,(H2,7,8);1H. The van der Waals surface area contributed by atoms with Crippen molar-refractivity contribution >= 4 is 40.8 Å². The SMILES string of the molecule is Cl.Nc1cccc(I)n1. The quantitative estimate of drug-likeness (QED) is 0.567. The first kappa shape index (κ1) is 8.97. The second-order valence-electron chi connectivity index (χ2n) is 1.39. The summed E-state index contributed by atoms with van der Waals surface area (Å²) in [5, 5.41) is 0. The molecule has 1 aromatic heterocycles. The molecule has 0 aliphatic carbocycles. The van der Waals surface area contributed by atoms with Crippen molar-refractivity contribution in [2.75, 3.05) is 5.73 Å². The minimum absolute atomic E-state index is 0. The van der Waals surface area contributed by atoms with Crippen molar-refractivity contribution in [3.05, 3.63) is 21.9 Å². The van der Waals surface area contributed by atoms with Crippen LogP contribution in [0.2, 0.25) is 0 Å². The molecule has 0 atom stereocenters. The van der Waals surface area contributed by atoms with Crippen molar-refractivity contribution in [2.24, 2.45) is 0 Å². The summed E-state index contributed by atoms with van der Waals surface area (Å²) in [6.45, 7) is 0. The van der Waals surface area contributed by atoms with E-state index in [0.29, 0.717) is 5.82 Å². The van der Waals surface area contributed by atoms with Gasteiger partial charge in [-0.05, 0) is 34.7 Å². The second kappa shape index (κ2) is 3.90. The molecule has 50 valence electrons. The number of halogens is 2. The summed E-state index contributed by atoms with van der Waals surface area (Å²) in [6, 6.07) is 5.54. The molecule has 4 heteroatoms. The number of aromatic nitrogens is 1. The van der Waals surface area contributed by atoms with Crippen molar-refractivity contribution in [3.63, 3.8) is 0 Å². The van der Waals surface area contributed by atoms with Crippen molar-refractivity contribution in [3.8, 4) is 0 Å². The smallest absolute Gasteiger partial charge is 0.124 e. The molecule has 0 aliphatic rings. The van der Waals surface area contributed by atoms with E-state index in [4.69, 9.17) is 5.73 Å². The van der Waals surface area contributed by atoms with Crippen LogP contribution in [0.25, 0.3) is 0 Å². The number of nitrogen functional groups attached to an aromatic ring is 1. The van der Waals surface area contributed by atoms with Gasteiger partial charge >= 0.3 is 0 Å². The Kier molecular flexibility index (Phi) is 3.88. The molecule has 2 nitrogen and oxygen atoms in total. The first-order chi connectivity index (χ1) is 3.79. The van der Waals surface area contributed by atoms with E-state index >= 15 is 0 Å². The lowest BCUT2D eigenvalue weighted by molar-refractivity contribution is 1.28. The highest BCUT2D eigenvalue weighted by Crippen LogP contribution is 2.01. The van der Waals surface area contributed by atoms with Crippen molar-refractivity contribution < 1.29 is 0 Å². The van der Waals surface area contributed by atoms with Crippen LogP contribution >= 0.6 is 35.0 Å². The third-order valence-corrected chi connectivity index (χ3v) is 1.34. The van der Waals surface area contributed by atoms with Crippen LogP contribution in [-0.4, -0.2) is 4.98 Å². The van der Waals surface area contributed by atoms with Gasteiger partial charge in [0, 0.05) is 0 Å². The molecular weight excluding hydrogens is 250 g/mol. The topological polar surface area (TPSA) is 38.9 Å². The second-order valence-corrected chi connectivity index (χ2v) is 2.49. The Morgan fingerprint density at radius 3 is 2.44 bits per heavy atom. The van der Waals surface area contributed by atoms with E-state index in [1.807, 2.05) is 12.1 Å². The normalized spacial score (nSPS) is 8.11. The van der Waals surface area contributed by atoms with E-state index in [-0.39, 0.29) is 12.4 Å². The van der Waals surface area contributed by atoms with E-state index in [0.717, 1.165) is 3.70 Å². The van der Waals surface area contributed by atoms with Gasteiger partial charge in [0.25, 0.3) is 0 Å². The van der Waals surface area contributed by atoms with Gasteiger partial charge in [-0.3, -0.25) is 0 Å². The third-order valence-electron chi connectivity index (χ3n) is 0.737. The Morgan fingerprint density at radius 2 is 2.11 bits per heavy atom. The van der Waals surface area contributed by atoms with Crippen LogP contribution in [0.5, 0.6) is 0 Å². The highest BCUT2D eigenvalue weighted by Gasteiger charge is 1.84. The van der Waals surface area contributed by atoms with Crippen LogP contribution in [0.4, 0.5) is 5.82 Å². The molecule has 2 N–H and O–H groups in total. The molecule has 0 saturated carbocycles. The molecule has 0 spiro atoms. The Labute approximate surface area is 73.4 Å². The molecule has 1 heterocycles. The maximum Gasteiger partial charge on any atom is 0.124 e. The van der Waals surface area contributed by atoms with E-state index in [1.165, 1.54) is 0 Å². The van der Waals surface area contributed by atoms with Crippen LogP contribution in [0, 0.1) is 3.70 Å². The first-order valence-corrected chi connectivity index (χ1v) is 3.25. The molecule has 0 aromatic carbocycles. The molecule has 0 amide bonds. The van der Waals surface area contributed by atoms with Crippen LogP contribution in [0.15, 0.2) is 18.2 Å². The molecule has 0 aliphatic heterocycles. The van der Waals surface area contributed by atoms with E-state index in [1.54, 1.807) is 6.07 Å². The maximum absolute atomic E-state index is 5.34. The summed E-state index contributed by atoms with van der Waals surface area (Å²) < 4.78 is 0.933. The number of hydrogen-bond donors (Lipinski definition) is 1. The number of rotatable bonds is 0. The molecule has 9 heavy (non-hydrogen) atoms. The maximum atomic E-state index is 5.34. The minimum atomic E-state index is 0. The monoisotopic (exact) mass is 256 g/mol. The van der Waals surface area contributed by atoms with Gasteiger partial charge in [0.15, 0.2) is 0 Å². The summed E-state index contributed by atoms with van der Waals surface area (Å²) in [7, 11) is 0. The van der Waals surface area contributed by atoms with Gasteiger partial charge in [-0.15, -0.1) is 12.4 Å². The van der Waals surface area contributed by atoms with Gasteiger partial charge in [-0.2, -0.15) is 0 Å². The molecular formula is C5H6ClIN2. The van der Waals surface area contributed by atoms with Crippen LogP contribution in [0.1, 0.15) is 0 Å². The van der Waals surface area contributed by atoms with Gasteiger partial charge in [0.2, 0.25) is 0 Å². The zero-order valence-corrected chi connectivity index (χ0v) is 7.52. The van der Waals surface area contributed by atoms with Crippen LogP contribution < -0.4 is 5.73 Å². The molecule has 0 unspecified atom stereocenters. The lowest BCUT2D eigenvalue weighted by Gasteiger charge is -1.88. The van der Waals surface area contributed by atoms with Crippen LogP contribution in [-0.2, 0) is 0 Å². The summed E-state index contributed by atoms with van der Waals surface area (Å²) >= 11 is 2.11. The van der Waals surface area contributed by atoms with Crippen LogP contribution in [0.3, 0.4) is 0 Å². The zero-order valence-electron chi connectivity index (χ0n) is 4.54. The first-order valence-electron chi connectivity index (χ1n) is 2.17. The number of hydrogen-bond acceptors (Lipinski definition) is 2. The molecule has 1 rings (SSSR count). The Morgan fingerprint density at radius 1 is 1.44 bits per heavy atom. The molecule has 0 saturated heterocycles. The molecule has 0 bridgehead atoms. The minimum Gasteiger partial charge on any atom is -0.384 e. The fourth-order valence-corrected chi connectivity index (χ4v) is 0.910. The van der Waals surface area contributed by atoms with Gasteiger partial charge in [-0.25, -0.2) is 4.98 Å².